The first-order valence-electron chi connectivity index (χ1n) is 7.62. The number of rotatable bonds is 3. The van der Waals surface area contributed by atoms with Crippen LogP contribution in [0.5, 0.6) is 0 Å². The van der Waals surface area contributed by atoms with Gasteiger partial charge < -0.3 is 9.64 Å². The molecule has 1 aliphatic rings. The molecule has 2 aromatic rings. The van der Waals surface area contributed by atoms with Gasteiger partial charge in [0.15, 0.2) is 0 Å². The average molecular weight is 354 g/mol. The summed E-state index contributed by atoms with van der Waals surface area (Å²) >= 11 is 12.0. The lowest BCUT2D eigenvalue weighted by Crippen LogP contribution is -2.37. The molecule has 0 atom stereocenters. The van der Waals surface area contributed by atoms with E-state index < -0.39 is 0 Å². The second-order valence-corrected chi connectivity index (χ2v) is 6.31. The standard InChI is InChI=1S/C16H17Cl2N3O2/c1-2-23-16(22)10-3-5-21(6-4-10)15-9-19-13-7-11(17)12(18)8-14(13)20-15/h7-10H,2-6H2,1H3. The van der Waals surface area contributed by atoms with Gasteiger partial charge in [-0.3, -0.25) is 9.78 Å². The highest BCUT2D eigenvalue weighted by atomic mass is 35.5. The molecule has 7 heteroatoms. The van der Waals surface area contributed by atoms with E-state index in [-0.39, 0.29) is 11.9 Å². The number of hydrogen-bond donors (Lipinski definition) is 0. The van der Waals surface area contributed by atoms with Crippen LogP contribution in [-0.2, 0) is 9.53 Å². The third-order valence-corrected chi connectivity index (χ3v) is 4.73. The smallest absolute Gasteiger partial charge is 0.309 e. The van der Waals surface area contributed by atoms with Crippen molar-refractivity contribution in [2.24, 2.45) is 5.92 Å². The zero-order valence-corrected chi connectivity index (χ0v) is 14.3. The van der Waals surface area contributed by atoms with Crippen molar-refractivity contribution in [3.63, 3.8) is 0 Å². The Kier molecular flexibility index (Phi) is 4.87. The fourth-order valence-electron chi connectivity index (χ4n) is 2.76. The summed E-state index contributed by atoms with van der Waals surface area (Å²) in [6.45, 7) is 3.77. The quantitative estimate of drug-likeness (QED) is 0.787. The minimum absolute atomic E-state index is 0.0205. The number of benzene rings is 1. The number of carbonyl (C=O) groups is 1. The van der Waals surface area contributed by atoms with Crippen LogP contribution < -0.4 is 4.90 Å². The second-order valence-electron chi connectivity index (χ2n) is 5.50. The number of ether oxygens (including phenoxy) is 1. The highest BCUT2D eigenvalue weighted by Crippen LogP contribution is 2.28. The summed E-state index contributed by atoms with van der Waals surface area (Å²) in [5.41, 5.74) is 1.42. The molecule has 0 bridgehead atoms. The Balaban J connectivity index is 1.74. The molecule has 0 aliphatic carbocycles. The molecule has 5 nitrogen and oxygen atoms in total. The van der Waals surface area contributed by atoms with Gasteiger partial charge in [-0.1, -0.05) is 23.2 Å². The van der Waals surface area contributed by atoms with Crippen molar-refractivity contribution in [3.05, 3.63) is 28.4 Å². The van der Waals surface area contributed by atoms with E-state index >= 15 is 0 Å². The van der Waals surface area contributed by atoms with E-state index in [2.05, 4.69) is 14.9 Å². The Morgan fingerprint density at radius 2 is 1.91 bits per heavy atom. The summed E-state index contributed by atoms with van der Waals surface area (Å²) in [7, 11) is 0. The van der Waals surface area contributed by atoms with Crippen molar-refractivity contribution in [3.8, 4) is 0 Å². The molecule has 0 unspecified atom stereocenters. The van der Waals surface area contributed by atoms with E-state index in [0.717, 1.165) is 31.7 Å². The normalized spacial score (nSPS) is 15.9. The van der Waals surface area contributed by atoms with Crippen molar-refractivity contribution in [1.29, 1.82) is 0 Å². The average Bonchev–Trinajstić information content (AvgIpc) is 2.56. The molecule has 0 N–H and O–H groups in total. The highest BCUT2D eigenvalue weighted by Gasteiger charge is 2.26. The maximum Gasteiger partial charge on any atom is 0.309 e. The van der Waals surface area contributed by atoms with Gasteiger partial charge in [0, 0.05) is 13.1 Å². The lowest BCUT2D eigenvalue weighted by molar-refractivity contribution is -0.148. The summed E-state index contributed by atoms with van der Waals surface area (Å²) in [5, 5.41) is 0.933. The summed E-state index contributed by atoms with van der Waals surface area (Å²) < 4.78 is 5.09. The number of hydrogen-bond acceptors (Lipinski definition) is 5. The third kappa shape index (κ3) is 3.51. The molecule has 1 aliphatic heterocycles. The van der Waals surface area contributed by atoms with Gasteiger partial charge >= 0.3 is 5.97 Å². The number of nitrogens with zero attached hydrogens (tertiary/aromatic N) is 3. The van der Waals surface area contributed by atoms with Crippen LogP contribution in [0.2, 0.25) is 10.0 Å². The largest absolute Gasteiger partial charge is 0.466 e. The first-order valence-corrected chi connectivity index (χ1v) is 8.37. The van der Waals surface area contributed by atoms with Gasteiger partial charge in [0.05, 0.1) is 39.8 Å². The molecule has 23 heavy (non-hydrogen) atoms. The fourth-order valence-corrected chi connectivity index (χ4v) is 3.07. The number of aromatic nitrogens is 2. The fraction of sp³-hybridized carbons (Fsp3) is 0.438. The molecule has 1 aromatic carbocycles. The van der Waals surface area contributed by atoms with Gasteiger partial charge in [0.1, 0.15) is 5.82 Å². The van der Waals surface area contributed by atoms with Crippen LogP contribution in [0.4, 0.5) is 5.82 Å². The predicted molar refractivity (Wildman–Crippen MR) is 91.1 cm³/mol. The van der Waals surface area contributed by atoms with Crippen LogP contribution in [0.3, 0.4) is 0 Å². The van der Waals surface area contributed by atoms with Crippen LogP contribution in [0.15, 0.2) is 18.3 Å². The Morgan fingerprint density at radius 3 is 2.57 bits per heavy atom. The number of esters is 1. The summed E-state index contributed by atoms with van der Waals surface area (Å²) in [6, 6.07) is 3.43. The van der Waals surface area contributed by atoms with Gasteiger partial charge in [0.25, 0.3) is 0 Å². The summed E-state index contributed by atoms with van der Waals surface area (Å²) in [6.07, 6.45) is 3.26. The van der Waals surface area contributed by atoms with Crippen LogP contribution in [0.1, 0.15) is 19.8 Å². The molecule has 0 saturated carbocycles. The zero-order chi connectivity index (χ0) is 16.4. The van der Waals surface area contributed by atoms with Gasteiger partial charge in [-0.25, -0.2) is 4.98 Å². The molecule has 0 amide bonds. The first kappa shape index (κ1) is 16.3. The molecule has 1 saturated heterocycles. The van der Waals surface area contributed by atoms with E-state index in [1.165, 1.54) is 0 Å². The predicted octanol–water partition coefficient (Wildman–Crippen LogP) is 3.72. The molecular weight excluding hydrogens is 337 g/mol. The molecule has 1 fully saturated rings. The SMILES string of the molecule is CCOC(=O)C1CCN(c2cnc3cc(Cl)c(Cl)cc3n2)CC1. The lowest BCUT2D eigenvalue weighted by Gasteiger charge is -2.31. The Labute approximate surface area is 144 Å². The summed E-state index contributed by atoms with van der Waals surface area (Å²) in [5.74, 6) is 0.671. The Bertz CT molecular complexity index is 731. The van der Waals surface area contributed by atoms with E-state index in [9.17, 15) is 4.79 Å². The molecular formula is C16H17Cl2N3O2. The van der Waals surface area contributed by atoms with Crippen LogP contribution in [0, 0.1) is 5.92 Å². The lowest BCUT2D eigenvalue weighted by atomic mass is 9.97. The second kappa shape index (κ2) is 6.89. The minimum Gasteiger partial charge on any atom is -0.466 e. The summed E-state index contributed by atoms with van der Waals surface area (Å²) in [4.78, 5) is 22.9. The van der Waals surface area contributed by atoms with Crippen molar-refractivity contribution >= 4 is 46.0 Å². The topological polar surface area (TPSA) is 55.3 Å². The van der Waals surface area contributed by atoms with Crippen molar-refractivity contribution in [2.45, 2.75) is 19.8 Å². The van der Waals surface area contributed by atoms with Gasteiger partial charge in [0.2, 0.25) is 0 Å². The highest BCUT2D eigenvalue weighted by molar-refractivity contribution is 6.42. The molecule has 2 heterocycles. The first-order chi connectivity index (χ1) is 11.1. The Hall–Kier alpha value is -1.59. The van der Waals surface area contributed by atoms with Crippen molar-refractivity contribution < 1.29 is 9.53 Å². The number of piperidine rings is 1. The van der Waals surface area contributed by atoms with E-state index in [1.54, 1.807) is 18.3 Å². The van der Waals surface area contributed by atoms with Gasteiger partial charge in [-0.05, 0) is 31.9 Å². The van der Waals surface area contributed by atoms with Gasteiger partial charge in [-0.15, -0.1) is 0 Å². The minimum atomic E-state index is -0.0989. The number of carbonyl (C=O) groups excluding carboxylic acids is 1. The van der Waals surface area contributed by atoms with E-state index in [1.807, 2.05) is 6.92 Å². The zero-order valence-electron chi connectivity index (χ0n) is 12.8. The van der Waals surface area contributed by atoms with Crippen LogP contribution >= 0.6 is 23.2 Å². The maximum atomic E-state index is 11.8. The number of halogens is 2. The molecule has 0 spiro atoms. The molecule has 3 rings (SSSR count). The van der Waals surface area contributed by atoms with Crippen LogP contribution in [0.25, 0.3) is 11.0 Å². The van der Waals surface area contributed by atoms with Gasteiger partial charge in [-0.2, -0.15) is 0 Å². The Morgan fingerprint density at radius 1 is 1.26 bits per heavy atom. The number of anilines is 1. The monoisotopic (exact) mass is 353 g/mol. The van der Waals surface area contributed by atoms with E-state index in [4.69, 9.17) is 27.9 Å². The number of fused-ring (bicyclic) bond motifs is 1. The molecule has 122 valence electrons. The van der Waals surface area contributed by atoms with Crippen molar-refractivity contribution in [2.75, 3.05) is 24.6 Å². The van der Waals surface area contributed by atoms with Crippen molar-refractivity contribution in [1.82, 2.24) is 9.97 Å². The maximum absolute atomic E-state index is 11.8. The molecule has 0 radical (unpaired) electrons. The molecule has 1 aromatic heterocycles. The third-order valence-electron chi connectivity index (χ3n) is 4.01. The van der Waals surface area contributed by atoms with Crippen LogP contribution in [-0.4, -0.2) is 35.6 Å². The van der Waals surface area contributed by atoms with E-state index in [0.29, 0.717) is 27.7 Å².